The van der Waals surface area contributed by atoms with Crippen LogP contribution in [0, 0.1) is 13.8 Å². The van der Waals surface area contributed by atoms with Crippen LogP contribution in [0.15, 0.2) is 45.3 Å². The highest BCUT2D eigenvalue weighted by atomic mass is 79.9. The maximum atomic E-state index is 12.2. The van der Waals surface area contributed by atoms with Gasteiger partial charge in [0.2, 0.25) is 0 Å². The molecule has 0 aliphatic rings. The van der Waals surface area contributed by atoms with Gasteiger partial charge in [-0.1, -0.05) is 37.9 Å². The van der Waals surface area contributed by atoms with Crippen LogP contribution in [0.25, 0.3) is 0 Å². The summed E-state index contributed by atoms with van der Waals surface area (Å²) in [5, 5.41) is 2.91. The number of carbonyl (C=O) groups is 1. The number of carbonyl (C=O) groups excluding carboxylic acids is 1. The van der Waals surface area contributed by atoms with Crippen LogP contribution in [0.5, 0.6) is 0 Å². The molecular formula is C15H13Br2NO. The highest BCUT2D eigenvalue weighted by Gasteiger charge is 2.11. The molecule has 4 heteroatoms. The van der Waals surface area contributed by atoms with Crippen molar-refractivity contribution in [1.82, 2.24) is 0 Å². The molecule has 2 rings (SSSR count). The summed E-state index contributed by atoms with van der Waals surface area (Å²) in [6.45, 7) is 3.91. The van der Waals surface area contributed by atoms with Gasteiger partial charge in [-0.3, -0.25) is 4.79 Å². The molecule has 98 valence electrons. The van der Waals surface area contributed by atoms with Gasteiger partial charge in [0.15, 0.2) is 0 Å². The second kappa shape index (κ2) is 5.88. The van der Waals surface area contributed by atoms with E-state index in [2.05, 4.69) is 37.2 Å². The van der Waals surface area contributed by atoms with Crippen molar-refractivity contribution in [3.63, 3.8) is 0 Å². The molecule has 0 spiro atoms. The third-order valence-corrected chi connectivity index (χ3v) is 4.68. The number of rotatable bonds is 2. The Morgan fingerprint density at radius 3 is 2.47 bits per heavy atom. The lowest BCUT2D eigenvalue weighted by molar-refractivity contribution is 0.102. The first-order valence-corrected chi connectivity index (χ1v) is 7.40. The van der Waals surface area contributed by atoms with Crippen LogP contribution in [-0.4, -0.2) is 5.91 Å². The Labute approximate surface area is 129 Å². The molecule has 0 saturated carbocycles. The van der Waals surface area contributed by atoms with E-state index in [1.54, 1.807) is 0 Å². The molecule has 0 atom stereocenters. The van der Waals surface area contributed by atoms with Crippen molar-refractivity contribution in [1.29, 1.82) is 0 Å². The first kappa shape index (κ1) is 14.3. The van der Waals surface area contributed by atoms with E-state index in [4.69, 9.17) is 0 Å². The number of hydrogen-bond donors (Lipinski definition) is 1. The largest absolute Gasteiger partial charge is 0.322 e. The number of benzene rings is 2. The first-order chi connectivity index (χ1) is 8.99. The smallest absolute Gasteiger partial charge is 0.255 e. The van der Waals surface area contributed by atoms with E-state index in [0.29, 0.717) is 5.56 Å². The van der Waals surface area contributed by atoms with Gasteiger partial charge in [0.05, 0.1) is 0 Å². The van der Waals surface area contributed by atoms with E-state index in [0.717, 1.165) is 25.8 Å². The molecule has 0 aliphatic heterocycles. The molecule has 2 aromatic carbocycles. The van der Waals surface area contributed by atoms with Crippen LogP contribution in [0.4, 0.5) is 5.69 Å². The number of anilines is 1. The van der Waals surface area contributed by atoms with Crippen LogP contribution in [0.2, 0.25) is 0 Å². The summed E-state index contributed by atoms with van der Waals surface area (Å²) < 4.78 is 1.97. The lowest BCUT2D eigenvalue weighted by atomic mass is 10.1. The maximum Gasteiger partial charge on any atom is 0.255 e. The first-order valence-electron chi connectivity index (χ1n) is 5.81. The van der Waals surface area contributed by atoms with Crippen molar-refractivity contribution in [2.75, 3.05) is 5.32 Å². The molecule has 1 amide bonds. The molecule has 2 aromatic rings. The van der Waals surface area contributed by atoms with Gasteiger partial charge in [0.1, 0.15) is 0 Å². The van der Waals surface area contributed by atoms with Crippen molar-refractivity contribution in [3.8, 4) is 0 Å². The molecule has 0 unspecified atom stereocenters. The molecule has 0 aliphatic carbocycles. The number of amides is 1. The maximum absolute atomic E-state index is 12.2. The van der Waals surface area contributed by atoms with E-state index in [9.17, 15) is 4.79 Å². The van der Waals surface area contributed by atoms with Gasteiger partial charge in [-0.05, 0) is 55.3 Å². The average Bonchev–Trinajstić information content (AvgIpc) is 2.37. The Kier molecular flexibility index (Phi) is 4.42. The van der Waals surface area contributed by atoms with Crippen LogP contribution in [-0.2, 0) is 0 Å². The monoisotopic (exact) mass is 381 g/mol. The number of aryl methyl sites for hydroxylation is 1. The summed E-state index contributed by atoms with van der Waals surface area (Å²) in [5.41, 5.74) is 3.50. The van der Waals surface area contributed by atoms with Gasteiger partial charge < -0.3 is 5.32 Å². The summed E-state index contributed by atoms with van der Waals surface area (Å²) in [6, 6.07) is 11.4. The summed E-state index contributed by atoms with van der Waals surface area (Å²) in [7, 11) is 0. The highest BCUT2D eigenvalue weighted by Crippen LogP contribution is 2.23. The number of hydrogen-bond acceptors (Lipinski definition) is 1. The lowest BCUT2D eigenvalue weighted by Gasteiger charge is -2.10. The quantitative estimate of drug-likeness (QED) is 0.770. The fraction of sp³-hybridized carbons (Fsp3) is 0.133. The molecule has 0 heterocycles. The van der Waals surface area contributed by atoms with Gasteiger partial charge in [-0.25, -0.2) is 0 Å². The average molecular weight is 383 g/mol. The second-order valence-corrected chi connectivity index (χ2v) is 6.04. The minimum absolute atomic E-state index is 0.0967. The minimum atomic E-state index is -0.0967. The second-order valence-electron chi connectivity index (χ2n) is 4.33. The van der Waals surface area contributed by atoms with Crippen molar-refractivity contribution in [2.45, 2.75) is 13.8 Å². The lowest BCUT2D eigenvalue weighted by Crippen LogP contribution is -2.13. The van der Waals surface area contributed by atoms with E-state index in [-0.39, 0.29) is 5.91 Å². The van der Waals surface area contributed by atoms with E-state index in [1.807, 2.05) is 50.2 Å². The van der Waals surface area contributed by atoms with Gasteiger partial charge in [-0.2, -0.15) is 0 Å². The zero-order valence-electron chi connectivity index (χ0n) is 10.6. The van der Waals surface area contributed by atoms with Crippen molar-refractivity contribution in [2.24, 2.45) is 0 Å². The van der Waals surface area contributed by atoms with Crippen molar-refractivity contribution >= 4 is 43.5 Å². The predicted octanol–water partition coefficient (Wildman–Crippen LogP) is 5.08. The Morgan fingerprint density at radius 2 is 1.79 bits per heavy atom. The standard InChI is InChI=1S/C15H13Br2NO/c1-9-8-11(6-7-13(9)16)18-15(19)12-4-3-5-14(17)10(12)2/h3-8H,1-2H3,(H,18,19). The van der Waals surface area contributed by atoms with Gasteiger partial charge in [0, 0.05) is 20.2 Å². The highest BCUT2D eigenvalue weighted by molar-refractivity contribution is 9.10. The number of halogens is 2. The molecule has 0 saturated heterocycles. The summed E-state index contributed by atoms with van der Waals surface area (Å²) in [4.78, 5) is 12.2. The Hall–Kier alpha value is -1.13. The Balaban J connectivity index is 2.26. The Bertz CT molecular complexity index is 638. The SMILES string of the molecule is Cc1cc(NC(=O)c2cccc(Br)c2C)ccc1Br. The molecule has 0 radical (unpaired) electrons. The fourth-order valence-electron chi connectivity index (χ4n) is 1.77. The summed E-state index contributed by atoms with van der Waals surface area (Å²) in [5.74, 6) is -0.0967. The number of nitrogens with one attached hydrogen (secondary N) is 1. The molecule has 2 nitrogen and oxygen atoms in total. The van der Waals surface area contributed by atoms with Crippen LogP contribution >= 0.6 is 31.9 Å². The van der Waals surface area contributed by atoms with E-state index >= 15 is 0 Å². The predicted molar refractivity (Wildman–Crippen MR) is 85.7 cm³/mol. The zero-order valence-corrected chi connectivity index (χ0v) is 13.8. The molecule has 1 N–H and O–H groups in total. The van der Waals surface area contributed by atoms with Crippen LogP contribution in [0.3, 0.4) is 0 Å². The van der Waals surface area contributed by atoms with Gasteiger partial charge in [0.25, 0.3) is 5.91 Å². The fourth-order valence-corrected chi connectivity index (χ4v) is 2.39. The van der Waals surface area contributed by atoms with E-state index < -0.39 is 0 Å². The summed E-state index contributed by atoms with van der Waals surface area (Å²) in [6.07, 6.45) is 0. The third-order valence-electron chi connectivity index (χ3n) is 2.93. The van der Waals surface area contributed by atoms with Crippen molar-refractivity contribution < 1.29 is 4.79 Å². The topological polar surface area (TPSA) is 29.1 Å². The molecular weight excluding hydrogens is 370 g/mol. The third kappa shape index (κ3) is 3.25. The molecule has 0 bridgehead atoms. The zero-order chi connectivity index (χ0) is 14.0. The minimum Gasteiger partial charge on any atom is -0.322 e. The van der Waals surface area contributed by atoms with Crippen LogP contribution in [0.1, 0.15) is 21.5 Å². The van der Waals surface area contributed by atoms with E-state index in [1.165, 1.54) is 0 Å². The Morgan fingerprint density at radius 1 is 1.05 bits per heavy atom. The van der Waals surface area contributed by atoms with Crippen LogP contribution < -0.4 is 5.32 Å². The normalized spacial score (nSPS) is 10.3. The molecule has 0 aromatic heterocycles. The molecule has 19 heavy (non-hydrogen) atoms. The van der Waals surface area contributed by atoms with Gasteiger partial charge >= 0.3 is 0 Å². The molecule has 0 fully saturated rings. The van der Waals surface area contributed by atoms with Crippen molar-refractivity contribution in [3.05, 3.63) is 62.0 Å². The van der Waals surface area contributed by atoms with Gasteiger partial charge in [-0.15, -0.1) is 0 Å². The summed E-state index contributed by atoms with van der Waals surface area (Å²) >= 11 is 6.88.